The predicted octanol–water partition coefficient (Wildman–Crippen LogP) is 4.96. The fourth-order valence-electron chi connectivity index (χ4n) is 3.05. The maximum absolute atomic E-state index is 14.1. The number of carbonyl (C=O) groups is 1. The van der Waals surface area contributed by atoms with E-state index in [4.69, 9.17) is 16.6 Å². The Morgan fingerprint density at radius 1 is 1.10 bits per heavy atom. The molecule has 1 aliphatic rings. The Labute approximate surface area is 174 Å². The number of rotatable bonds is 3. The van der Waals surface area contributed by atoms with Crippen LogP contribution in [0.1, 0.15) is 5.76 Å². The lowest BCUT2D eigenvalue weighted by Crippen LogP contribution is -2.31. The van der Waals surface area contributed by atoms with E-state index in [0.29, 0.717) is 11.5 Å². The number of nitrogens with zero attached hydrogens (tertiary/aromatic N) is 2. The molecule has 3 heterocycles. The molecule has 1 saturated heterocycles. The average molecular weight is 421 g/mol. The molecule has 0 aliphatic carbocycles. The molecular weight excluding hydrogens is 409 g/mol. The summed E-state index contributed by atoms with van der Waals surface area (Å²) in [6, 6.07) is 17.4. The minimum atomic E-state index is -0.526. The number of aromatic nitrogens is 1. The first-order chi connectivity index (χ1) is 14.1. The Hall–Kier alpha value is -3.36. The molecule has 142 valence electrons. The zero-order chi connectivity index (χ0) is 20.0. The molecule has 5 nitrogen and oxygen atoms in total. The van der Waals surface area contributed by atoms with Gasteiger partial charge in [-0.25, -0.2) is 14.3 Å². The molecule has 1 N–H and O–H groups in total. The molecule has 2 aromatic heterocycles. The quantitative estimate of drug-likeness (QED) is 0.374. The van der Waals surface area contributed by atoms with Gasteiger partial charge in [-0.2, -0.15) is 0 Å². The monoisotopic (exact) mass is 421 g/mol. The van der Waals surface area contributed by atoms with E-state index < -0.39 is 11.7 Å². The standard InChI is InChI=1S/C21H12FN3O2S2/c22-13-5-1-3-7-16(13)25-20(26)15(24-21(25)28)11-12-9-10-17(27-12)19-23-14-6-2-4-8-18(14)29-19/h1-11H,(H,24,28)/b15-11+. The number of halogens is 1. The van der Waals surface area contributed by atoms with Crippen LogP contribution < -0.4 is 10.2 Å². The largest absolute Gasteiger partial charge is 0.454 e. The van der Waals surface area contributed by atoms with E-state index in [2.05, 4.69) is 10.3 Å². The number of thiocarbonyl (C=S) groups is 1. The Bertz CT molecular complexity index is 1280. The van der Waals surface area contributed by atoms with Crippen LogP contribution >= 0.6 is 23.6 Å². The molecule has 1 aliphatic heterocycles. The van der Waals surface area contributed by atoms with Crippen molar-refractivity contribution in [3.63, 3.8) is 0 Å². The third-order valence-electron chi connectivity index (χ3n) is 4.39. The van der Waals surface area contributed by atoms with Crippen molar-refractivity contribution in [2.75, 3.05) is 4.90 Å². The molecule has 4 aromatic rings. The minimum absolute atomic E-state index is 0.105. The van der Waals surface area contributed by atoms with E-state index in [1.54, 1.807) is 30.3 Å². The number of furan rings is 1. The summed E-state index contributed by atoms with van der Waals surface area (Å²) in [4.78, 5) is 18.5. The summed E-state index contributed by atoms with van der Waals surface area (Å²) < 4.78 is 21.0. The normalized spacial score (nSPS) is 15.5. The third-order valence-corrected chi connectivity index (χ3v) is 5.73. The molecule has 0 saturated carbocycles. The molecule has 1 fully saturated rings. The van der Waals surface area contributed by atoms with Gasteiger partial charge in [0.15, 0.2) is 15.9 Å². The second-order valence-corrected chi connectivity index (χ2v) is 7.69. The molecular formula is C21H12FN3O2S2. The van der Waals surface area contributed by atoms with Gasteiger partial charge in [0.05, 0.1) is 15.9 Å². The van der Waals surface area contributed by atoms with Crippen molar-refractivity contribution in [1.29, 1.82) is 0 Å². The summed E-state index contributed by atoms with van der Waals surface area (Å²) >= 11 is 6.75. The summed E-state index contributed by atoms with van der Waals surface area (Å²) in [5.41, 5.74) is 1.22. The average Bonchev–Trinajstić information content (AvgIpc) is 3.41. The van der Waals surface area contributed by atoms with Crippen LogP contribution in [0.4, 0.5) is 10.1 Å². The van der Waals surface area contributed by atoms with E-state index in [0.717, 1.165) is 20.1 Å². The van der Waals surface area contributed by atoms with Crippen LogP contribution in [0.15, 0.2) is 70.8 Å². The molecule has 0 spiro atoms. The van der Waals surface area contributed by atoms with Gasteiger partial charge in [-0.3, -0.25) is 4.79 Å². The second kappa shape index (κ2) is 6.91. The van der Waals surface area contributed by atoms with E-state index in [9.17, 15) is 9.18 Å². The van der Waals surface area contributed by atoms with Gasteiger partial charge in [0.25, 0.3) is 5.91 Å². The van der Waals surface area contributed by atoms with Crippen molar-refractivity contribution < 1.29 is 13.6 Å². The molecule has 0 bridgehead atoms. The number of fused-ring (bicyclic) bond motifs is 1. The summed E-state index contributed by atoms with van der Waals surface area (Å²) in [5.74, 6) is 0.103. The lowest BCUT2D eigenvalue weighted by molar-refractivity contribution is -0.113. The van der Waals surface area contributed by atoms with Gasteiger partial charge < -0.3 is 9.73 Å². The van der Waals surface area contributed by atoms with Crippen molar-refractivity contribution in [1.82, 2.24) is 10.3 Å². The first-order valence-corrected chi connectivity index (χ1v) is 9.90. The van der Waals surface area contributed by atoms with E-state index in [1.165, 1.54) is 23.5 Å². The molecule has 0 atom stereocenters. The van der Waals surface area contributed by atoms with Gasteiger partial charge in [0.1, 0.15) is 17.3 Å². The van der Waals surface area contributed by atoms with Gasteiger partial charge in [-0.1, -0.05) is 24.3 Å². The summed E-state index contributed by atoms with van der Waals surface area (Å²) in [6.45, 7) is 0. The molecule has 8 heteroatoms. The fourth-order valence-corrected chi connectivity index (χ4v) is 4.27. The Kier molecular flexibility index (Phi) is 4.22. The molecule has 2 aromatic carbocycles. The maximum Gasteiger partial charge on any atom is 0.281 e. The fraction of sp³-hybridized carbons (Fsp3) is 0. The van der Waals surface area contributed by atoms with Gasteiger partial charge >= 0.3 is 0 Å². The van der Waals surface area contributed by atoms with Crippen molar-refractivity contribution in [3.05, 3.63) is 77.9 Å². The Morgan fingerprint density at radius 2 is 1.90 bits per heavy atom. The predicted molar refractivity (Wildman–Crippen MR) is 115 cm³/mol. The first kappa shape index (κ1) is 17.7. The molecule has 1 amide bonds. The van der Waals surface area contributed by atoms with Crippen LogP contribution in [0, 0.1) is 5.82 Å². The second-order valence-electron chi connectivity index (χ2n) is 6.27. The number of carbonyl (C=O) groups excluding carboxylic acids is 1. The van der Waals surface area contributed by atoms with Gasteiger partial charge in [-0.15, -0.1) is 11.3 Å². The molecule has 0 radical (unpaired) electrons. The van der Waals surface area contributed by atoms with Crippen LogP contribution in [0.25, 0.3) is 27.1 Å². The topological polar surface area (TPSA) is 58.4 Å². The minimum Gasteiger partial charge on any atom is -0.454 e. The number of hydrogen-bond acceptors (Lipinski definition) is 5. The third kappa shape index (κ3) is 3.12. The number of hydrogen-bond donors (Lipinski definition) is 1. The van der Waals surface area contributed by atoms with E-state index >= 15 is 0 Å². The zero-order valence-corrected chi connectivity index (χ0v) is 16.4. The molecule has 5 rings (SSSR count). The highest BCUT2D eigenvalue weighted by Gasteiger charge is 2.33. The number of thiazole rings is 1. The molecule has 0 unspecified atom stereocenters. The Balaban J connectivity index is 1.45. The first-order valence-electron chi connectivity index (χ1n) is 8.67. The van der Waals surface area contributed by atoms with E-state index in [1.807, 2.05) is 24.3 Å². The molecule has 29 heavy (non-hydrogen) atoms. The van der Waals surface area contributed by atoms with Gasteiger partial charge in [-0.05, 0) is 48.6 Å². The lowest BCUT2D eigenvalue weighted by atomic mass is 10.2. The number of amides is 1. The zero-order valence-electron chi connectivity index (χ0n) is 14.8. The van der Waals surface area contributed by atoms with Crippen LogP contribution in [-0.2, 0) is 4.79 Å². The van der Waals surface area contributed by atoms with Gasteiger partial charge in [0, 0.05) is 6.08 Å². The van der Waals surface area contributed by atoms with E-state index in [-0.39, 0.29) is 16.5 Å². The SMILES string of the molecule is O=C1/C(=C\c2ccc(-c3nc4ccccc4s3)o2)NC(=S)N1c1ccccc1F. The van der Waals surface area contributed by atoms with Crippen LogP contribution in [-0.4, -0.2) is 16.0 Å². The van der Waals surface area contributed by atoms with Crippen LogP contribution in [0.5, 0.6) is 0 Å². The van der Waals surface area contributed by atoms with Crippen molar-refractivity contribution in [3.8, 4) is 10.8 Å². The highest BCUT2D eigenvalue weighted by atomic mass is 32.1. The van der Waals surface area contributed by atoms with Crippen molar-refractivity contribution in [2.24, 2.45) is 0 Å². The smallest absolute Gasteiger partial charge is 0.281 e. The van der Waals surface area contributed by atoms with Crippen molar-refractivity contribution >= 4 is 56.6 Å². The van der Waals surface area contributed by atoms with Gasteiger partial charge in [0.2, 0.25) is 0 Å². The number of anilines is 1. The summed E-state index contributed by atoms with van der Waals surface area (Å²) in [5, 5.41) is 3.70. The number of benzene rings is 2. The van der Waals surface area contributed by atoms with Crippen LogP contribution in [0.2, 0.25) is 0 Å². The van der Waals surface area contributed by atoms with Crippen molar-refractivity contribution in [2.45, 2.75) is 0 Å². The maximum atomic E-state index is 14.1. The summed E-state index contributed by atoms with van der Waals surface area (Å²) in [6.07, 6.45) is 1.55. The summed E-state index contributed by atoms with van der Waals surface area (Å²) in [7, 11) is 0. The van der Waals surface area contributed by atoms with Crippen LogP contribution in [0.3, 0.4) is 0 Å². The number of nitrogens with one attached hydrogen (secondary N) is 1. The lowest BCUT2D eigenvalue weighted by Gasteiger charge is -2.14. The highest BCUT2D eigenvalue weighted by molar-refractivity contribution is 7.80. The Morgan fingerprint density at radius 3 is 2.72 bits per heavy atom. The highest BCUT2D eigenvalue weighted by Crippen LogP contribution is 2.32. The number of para-hydroxylation sites is 2.